The van der Waals surface area contributed by atoms with Crippen LogP contribution in [0, 0.1) is 0 Å². The molecule has 0 saturated heterocycles. The number of nitrogens with two attached hydrogens (primary N) is 1. The molecule has 0 aliphatic heterocycles. The third-order valence-corrected chi connectivity index (χ3v) is 3.45. The zero-order valence-electron chi connectivity index (χ0n) is 12.9. The van der Waals surface area contributed by atoms with E-state index in [2.05, 4.69) is 57.0 Å². The van der Waals surface area contributed by atoms with Crippen molar-refractivity contribution in [3.05, 3.63) is 28.6 Å². The van der Waals surface area contributed by atoms with Crippen LogP contribution in [0.1, 0.15) is 38.7 Å². The molecule has 2 aromatic heterocycles. The second-order valence-electron chi connectivity index (χ2n) is 5.17. The van der Waals surface area contributed by atoms with E-state index in [1.54, 1.807) is 12.4 Å². The monoisotopic (exact) mass is 365 g/mol. The maximum atomic E-state index is 6.02. The van der Waals surface area contributed by atoms with Gasteiger partial charge in [0.2, 0.25) is 5.95 Å². The number of hydrogen-bond donors (Lipinski definition) is 2. The molecule has 6 nitrogen and oxygen atoms in total. The quantitative estimate of drug-likeness (QED) is 0.753. The minimum Gasteiger partial charge on any atom is -0.451 e. The van der Waals surface area contributed by atoms with Crippen molar-refractivity contribution in [1.82, 2.24) is 15.0 Å². The van der Waals surface area contributed by atoms with Gasteiger partial charge in [-0.3, -0.25) is 0 Å². The molecule has 0 atom stereocenters. The SMILES string of the molecule is CCCNc1nc(N)ncc1Oc1cc(Br)ncc1C(C)C. The van der Waals surface area contributed by atoms with Gasteiger partial charge in [0, 0.05) is 24.4 Å². The van der Waals surface area contributed by atoms with E-state index in [0.29, 0.717) is 16.2 Å². The number of hydrogen-bond acceptors (Lipinski definition) is 6. The summed E-state index contributed by atoms with van der Waals surface area (Å²) in [4.78, 5) is 12.5. The van der Waals surface area contributed by atoms with Crippen LogP contribution in [0.25, 0.3) is 0 Å². The van der Waals surface area contributed by atoms with E-state index >= 15 is 0 Å². The second-order valence-corrected chi connectivity index (χ2v) is 5.98. The average Bonchev–Trinajstić information content (AvgIpc) is 2.47. The first-order valence-electron chi connectivity index (χ1n) is 7.21. The lowest BCUT2D eigenvalue weighted by Gasteiger charge is -2.16. The molecular formula is C15H20BrN5O. The third-order valence-electron chi connectivity index (χ3n) is 3.02. The van der Waals surface area contributed by atoms with Crippen molar-refractivity contribution in [1.29, 1.82) is 0 Å². The molecule has 0 aliphatic rings. The molecule has 0 aliphatic carbocycles. The van der Waals surface area contributed by atoms with E-state index in [1.807, 2.05) is 6.07 Å². The highest BCUT2D eigenvalue weighted by atomic mass is 79.9. The maximum absolute atomic E-state index is 6.02. The summed E-state index contributed by atoms with van der Waals surface area (Å²) in [6, 6.07) is 1.84. The normalized spacial score (nSPS) is 10.8. The number of rotatable bonds is 6. The highest BCUT2D eigenvalue weighted by Gasteiger charge is 2.14. The fraction of sp³-hybridized carbons (Fsp3) is 0.400. The first kappa shape index (κ1) is 16.5. The summed E-state index contributed by atoms with van der Waals surface area (Å²) < 4.78 is 6.74. The second kappa shape index (κ2) is 7.40. The molecule has 7 heteroatoms. The molecule has 22 heavy (non-hydrogen) atoms. The summed E-state index contributed by atoms with van der Waals surface area (Å²) in [7, 11) is 0. The number of anilines is 2. The average molecular weight is 366 g/mol. The van der Waals surface area contributed by atoms with Crippen molar-refractivity contribution in [2.45, 2.75) is 33.1 Å². The number of nitrogen functional groups attached to an aromatic ring is 1. The molecule has 3 N–H and O–H groups in total. The Bertz CT molecular complexity index is 648. The van der Waals surface area contributed by atoms with Gasteiger partial charge in [-0.25, -0.2) is 9.97 Å². The van der Waals surface area contributed by atoms with Crippen LogP contribution in [0.3, 0.4) is 0 Å². The van der Waals surface area contributed by atoms with Crippen LogP contribution >= 0.6 is 15.9 Å². The number of halogens is 1. The number of nitrogens with zero attached hydrogens (tertiary/aromatic N) is 3. The summed E-state index contributed by atoms with van der Waals surface area (Å²) >= 11 is 3.37. The molecule has 0 bridgehead atoms. The smallest absolute Gasteiger partial charge is 0.222 e. The fourth-order valence-electron chi connectivity index (χ4n) is 1.89. The largest absolute Gasteiger partial charge is 0.451 e. The summed E-state index contributed by atoms with van der Waals surface area (Å²) in [5, 5.41) is 3.20. The molecule has 0 aromatic carbocycles. The highest BCUT2D eigenvalue weighted by molar-refractivity contribution is 9.10. The van der Waals surface area contributed by atoms with E-state index in [0.717, 1.165) is 24.3 Å². The maximum Gasteiger partial charge on any atom is 0.222 e. The van der Waals surface area contributed by atoms with Gasteiger partial charge >= 0.3 is 0 Å². The Morgan fingerprint density at radius 1 is 1.27 bits per heavy atom. The van der Waals surface area contributed by atoms with Gasteiger partial charge in [0.1, 0.15) is 10.4 Å². The molecule has 2 heterocycles. The molecule has 0 radical (unpaired) electrons. The Morgan fingerprint density at radius 2 is 2.05 bits per heavy atom. The lowest BCUT2D eigenvalue weighted by Crippen LogP contribution is -2.07. The Morgan fingerprint density at radius 3 is 2.73 bits per heavy atom. The van der Waals surface area contributed by atoms with Crippen LogP contribution in [-0.2, 0) is 0 Å². The Kier molecular flexibility index (Phi) is 5.54. The molecule has 2 aromatic rings. The first-order chi connectivity index (χ1) is 10.5. The van der Waals surface area contributed by atoms with Gasteiger partial charge in [0.15, 0.2) is 11.6 Å². The van der Waals surface area contributed by atoms with Crippen molar-refractivity contribution in [3.8, 4) is 11.5 Å². The van der Waals surface area contributed by atoms with Gasteiger partial charge in [-0.15, -0.1) is 0 Å². The predicted molar refractivity (Wildman–Crippen MR) is 91.3 cm³/mol. The van der Waals surface area contributed by atoms with E-state index in [-0.39, 0.29) is 11.9 Å². The van der Waals surface area contributed by atoms with Crippen LogP contribution in [-0.4, -0.2) is 21.5 Å². The van der Waals surface area contributed by atoms with E-state index in [1.165, 1.54) is 0 Å². The zero-order chi connectivity index (χ0) is 16.1. The minimum absolute atomic E-state index is 0.214. The Hall–Kier alpha value is -1.89. The Balaban J connectivity index is 2.36. The Labute approximate surface area is 138 Å². The summed E-state index contributed by atoms with van der Waals surface area (Å²) in [5.41, 5.74) is 6.67. The van der Waals surface area contributed by atoms with E-state index < -0.39 is 0 Å². The van der Waals surface area contributed by atoms with Crippen LogP contribution in [0.2, 0.25) is 0 Å². The summed E-state index contributed by atoms with van der Waals surface area (Å²) in [5.74, 6) is 2.37. The molecule has 0 amide bonds. The zero-order valence-corrected chi connectivity index (χ0v) is 14.5. The van der Waals surface area contributed by atoms with E-state index in [4.69, 9.17) is 10.5 Å². The summed E-state index contributed by atoms with van der Waals surface area (Å²) in [6.45, 7) is 7.04. The van der Waals surface area contributed by atoms with Crippen LogP contribution < -0.4 is 15.8 Å². The number of aromatic nitrogens is 3. The number of nitrogens with one attached hydrogen (secondary N) is 1. The van der Waals surface area contributed by atoms with Gasteiger partial charge in [0.05, 0.1) is 6.20 Å². The predicted octanol–water partition coefficient (Wildman–Crippen LogP) is 3.95. The fourth-order valence-corrected chi connectivity index (χ4v) is 2.20. The lowest BCUT2D eigenvalue weighted by atomic mass is 10.1. The van der Waals surface area contributed by atoms with Gasteiger partial charge in [-0.2, -0.15) is 4.98 Å². The van der Waals surface area contributed by atoms with Crippen molar-refractivity contribution >= 4 is 27.7 Å². The third kappa shape index (κ3) is 4.07. The topological polar surface area (TPSA) is 86.0 Å². The van der Waals surface area contributed by atoms with Crippen molar-refractivity contribution in [2.24, 2.45) is 0 Å². The van der Waals surface area contributed by atoms with Gasteiger partial charge in [-0.1, -0.05) is 20.8 Å². The standard InChI is InChI=1S/C15H20BrN5O/c1-4-5-18-14-12(8-20-15(17)21-14)22-11-6-13(16)19-7-10(11)9(2)3/h6-9H,4-5H2,1-3H3,(H3,17,18,20,21). The summed E-state index contributed by atoms with van der Waals surface area (Å²) in [6.07, 6.45) is 4.36. The molecule has 0 saturated carbocycles. The highest BCUT2D eigenvalue weighted by Crippen LogP contribution is 2.34. The number of ether oxygens (including phenoxy) is 1. The van der Waals surface area contributed by atoms with Crippen LogP contribution in [0.4, 0.5) is 11.8 Å². The molecule has 118 valence electrons. The molecular weight excluding hydrogens is 346 g/mol. The lowest BCUT2D eigenvalue weighted by molar-refractivity contribution is 0.469. The van der Waals surface area contributed by atoms with Crippen molar-refractivity contribution in [3.63, 3.8) is 0 Å². The van der Waals surface area contributed by atoms with Gasteiger partial charge < -0.3 is 15.8 Å². The van der Waals surface area contributed by atoms with Gasteiger partial charge in [0.25, 0.3) is 0 Å². The minimum atomic E-state index is 0.214. The van der Waals surface area contributed by atoms with E-state index in [9.17, 15) is 0 Å². The first-order valence-corrected chi connectivity index (χ1v) is 8.00. The molecule has 0 unspecified atom stereocenters. The molecule has 0 spiro atoms. The van der Waals surface area contributed by atoms with Crippen LogP contribution in [0.15, 0.2) is 23.1 Å². The number of pyridine rings is 1. The van der Waals surface area contributed by atoms with Crippen LogP contribution in [0.5, 0.6) is 11.5 Å². The van der Waals surface area contributed by atoms with Crippen molar-refractivity contribution < 1.29 is 4.74 Å². The van der Waals surface area contributed by atoms with Gasteiger partial charge in [-0.05, 0) is 28.3 Å². The molecule has 0 fully saturated rings. The van der Waals surface area contributed by atoms with Crippen molar-refractivity contribution in [2.75, 3.05) is 17.6 Å². The molecule has 2 rings (SSSR count).